The van der Waals surface area contributed by atoms with Crippen LogP contribution in [0.2, 0.25) is 0 Å². The standard InChI is InChI=1S/C29H15F3O7/c30-18-9-13(10-19(31)26(18)32)11-23-27(34)16-5-6-22-25(28(16)39-23)17(12-24(33)38-22)21-8-7-20(37-21)14-1-3-15(4-2-14)29(35)36/h1-11,17H,12H2,(H,35,36). The maximum absolute atomic E-state index is 13.7. The van der Waals surface area contributed by atoms with Crippen molar-refractivity contribution < 1.29 is 46.6 Å². The first kappa shape index (κ1) is 24.2. The third-order valence-electron chi connectivity index (χ3n) is 6.47. The Morgan fingerprint density at radius 2 is 1.64 bits per heavy atom. The van der Waals surface area contributed by atoms with E-state index in [4.69, 9.17) is 19.0 Å². The normalized spacial score (nSPS) is 17.0. The van der Waals surface area contributed by atoms with Gasteiger partial charge in [-0.05, 0) is 60.2 Å². The maximum atomic E-state index is 13.7. The SMILES string of the molecule is O=C1CC(c2ccc(-c3ccc(C(=O)O)cc3)o2)c2c(ccc3c2OC(=Cc2cc(F)c(F)c(F)c2)C3=O)O1. The van der Waals surface area contributed by atoms with Gasteiger partial charge in [0.15, 0.2) is 23.2 Å². The lowest BCUT2D eigenvalue weighted by Crippen LogP contribution is -2.21. The lowest BCUT2D eigenvalue weighted by atomic mass is 9.88. The van der Waals surface area contributed by atoms with Crippen molar-refractivity contribution in [1.82, 2.24) is 0 Å². The van der Waals surface area contributed by atoms with Crippen LogP contribution in [-0.2, 0) is 4.79 Å². The van der Waals surface area contributed by atoms with Gasteiger partial charge in [0.2, 0.25) is 5.78 Å². The number of furan rings is 1. The van der Waals surface area contributed by atoms with E-state index in [1.807, 2.05) is 0 Å². The van der Waals surface area contributed by atoms with Crippen molar-refractivity contribution >= 4 is 23.8 Å². The average molecular weight is 532 g/mol. The third kappa shape index (κ3) is 4.15. The number of carbonyl (C=O) groups is 3. The number of allylic oxidation sites excluding steroid dienone is 1. The van der Waals surface area contributed by atoms with Crippen molar-refractivity contribution in [3.05, 3.63) is 112 Å². The second-order valence-corrected chi connectivity index (χ2v) is 8.91. The van der Waals surface area contributed by atoms with Gasteiger partial charge in [0.1, 0.15) is 23.0 Å². The first-order chi connectivity index (χ1) is 18.7. The highest BCUT2D eigenvalue weighted by molar-refractivity contribution is 6.15. The number of halogens is 3. The Kier molecular flexibility index (Phi) is 5.60. The summed E-state index contributed by atoms with van der Waals surface area (Å²) >= 11 is 0. The van der Waals surface area contributed by atoms with Gasteiger partial charge in [-0.2, -0.15) is 0 Å². The fourth-order valence-electron chi connectivity index (χ4n) is 4.63. The van der Waals surface area contributed by atoms with E-state index in [0.717, 1.165) is 18.2 Å². The minimum Gasteiger partial charge on any atom is -0.478 e. The quantitative estimate of drug-likeness (QED) is 0.146. The molecule has 0 fully saturated rings. The largest absolute Gasteiger partial charge is 0.478 e. The van der Waals surface area contributed by atoms with Crippen molar-refractivity contribution in [2.24, 2.45) is 0 Å². The second kappa shape index (κ2) is 9.02. The Balaban J connectivity index is 1.38. The van der Waals surface area contributed by atoms with Gasteiger partial charge in [0.05, 0.1) is 23.5 Å². The molecule has 3 aromatic carbocycles. The first-order valence-corrected chi connectivity index (χ1v) is 11.6. The minimum atomic E-state index is -1.63. The van der Waals surface area contributed by atoms with Crippen molar-refractivity contribution in [3.63, 3.8) is 0 Å². The van der Waals surface area contributed by atoms with Gasteiger partial charge in [-0.3, -0.25) is 9.59 Å². The molecular formula is C29H15F3O7. The van der Waals surface area contributed by atoms with Crippen LogP contribution in [0.4, 0.5) is 13.2 Å². The molecule has 6 rings (SSSR count). The number of Topliss-reactive ketones (excluding diaryl/α,β-unsaturated/α-hetero) is 1. The number of hydrogen-bond donors (Lipinski definition) is 1. The number of ketones is 1. The highest BCUT2D eigenvalue weighted by Gasteiger charge is 2.39. The topological polar surface area (TPSA) is 103 Å². The Hall–Kier alpha value is -5.12. The van der Waals surface area contributed by atoms with E-state index in [9.17, 15) is 27.6 Å². The zero-order valence-corrected chi connectivity index (χ0v) is 19.7. The molecule has 4 aromatic rings. The summed E-state index contributed by atoms with van der Waals surface area (Å²) in [4.78, 5) is 36.6. The Morgan fingerprint density at radius 1 is 0.923 bits per heavy atom. The maximum Gasteiger partial charge on any atom is 0.335 e. The molecule has 1 atom stereocenters. The highest BCUT2D eigenvalue weighted by atomic mass is 19.2. The fourth-order valence-corrected chi connectivity index (χ4v) is 4.63. The number of esters is 1. The average Bonchev–Trinajstić information content (AvgIpc) is 3.52. The van der Waals surface area contributed by atoms with Crippen molar-refractivity contribution in [2.45, 2.75) is 12.3 Å². The summed E-state index contributed by atoms with van der Waals surface area (Å²) in [6.45, 7) is 0. The van der Waals surface area contributed by atoms with Crippen LogP contribution in [0.25, 0.3) is 17.4 Å². The molecule has 2 aliphatic heterocycles. The van der Waals surface area contributed by atoms with Gasteiger partial charge >= 0.3 is 11.9 Å². The molecule has 3 heterocycles. The Labute approximate surface area is 217 Å². The second-order valence-electron chi connectivity index (χ2n) is 8.91. The molecule has 2 aliphatic rings. The van der Waals surface area contributed by atoms with Gasteiger partial charge in [-0.25, -0.2) is 18.0 Å². The van der Waals surface area contributed by atoms with Crippen molar-refractivity contribution in [1.29, 1.82) is 0 Å². The number of rotatable bonds is 4. The fraction of sp³-hybridized carbons (Fsp3) is 0.0690. The number of carboxylic acid groups (broad SMARTS) is 1. The number of ether oxygens (including phenoxy) is 2. The number of hydrogen-bond acceptors (Lipinski definition) is 6. The molecule has 1 N–H and O–H groups in total. The minimum absolute atomic E-state index is 0.105. The zero-order chi connectivity index (χ0) is 27.4. The van der Waals surface area contributed by atoms with E-state index >= 15 is 0 Å². The molecule has 7 nitrogen and oxygen atoms in total. The van der Waals surface area contributed by atoms with Crippen LogP contribution in [-0.4, -0.2) is 22.8 Å². The van der Waals surface area contributed by atoms with Crippen LogP contribution in [0, 0.1) is 17.5 Å². The molecule has 0 radical (unpaired) electrons. The number of fused-ring (bicyclic) bond motifs is 3. The summed E-state index contributed by atoms with van der Waals surface area (Å²) in [7, 11) is 0. The molecule has 0 saturated carbocycles. The van der Waals surface area contributed by atoms with Crippen LogP contribution >= 0.6 is 0 Å². The van der Waals surface area contributed by atoms with E-state index in [1.54, 1.807) is 24.3 Å². The van der Waals surface area contributed by atoms with Crippen LogP contribution in [0.5, 0.6) is 11.5 Å². The lowest BCUT2D eigenvalue weighted by molar-refractivity contribution is -0.135. The van der Waals surface area contributed by atoms with Crippen LogP contribution in [0.1, 0.15) is 49.9 Å². The molecule has 10 heteroatoms. The Morgan fingerprint density at radius 3 is 2.33 bits per heavy atom. The lowest BCUT2D eigenvalue weighted by Gasteiger charge is -2.24. The van der Waals surface area contributed by atoms with E-state index in [2.05, 4.69) is 0 Å². The number of benzene rings is 3. The summed E-state index contributed by atoms with van der Waals surface area (Å²) in [5, 5.41) is 9.12. The van der Waals surface area contributed by atoms with Crippen LogP contribution < -0.4 is 9.47 Å². The zero-order valence-electron chi connectivity index (χ0n) is 19.7. The molecule has 194 valence electrons. The van der Waals surface area contributed by atoms with E-state index in [-0.39, 0.29) is 40.4 Å². The van der Waals surface area contributed by atoms with Crippen LogP contribution in [0.15, 0.2) is 70.8 Å². The molecular weight excluding hydrogens is 517 g/mol. The van der Waals surface area contributed by atoms with Gasteiger partial charge < -0.3 is 19.0 Å². The number of carboxylic acids is 1. The van der Waals surface area contributed by atoms with E-state index < -0.39 is 41.1 Å². The Bertz CT molecular complexity index is 1710. The third-order valence-corrected chi connectivity index (χ3v) is 6.47. The molecule has 0 bridgehead atoms. The summed E-state index contributed by atoms with van der Waals surface area (Å²) < 4.78 is 58.0. The van der Waals surface area contributed by atoms with Gasteiger partial charge in [0, 0.05) is 11.1 Å². The molecule has 0 spiro atoms. The molecule has 0 amide bonds. The molecule has 1 unspecified atom stereocenters. The van der Waals surface area contributed by atoms with Crippen LogP contribution in [0.3, 0.4) is 0 Å². The smallest absolute Gasteiger partial charge is 0.335 e. The summed E-state index contributed by atoms with van der Waals surface area (Å²) in [5.41, 5.74) is 1.12. The monoisotopic (exact) mass is 532 g/mol. The van der Waals surface area contributed by atoms with Gasteiger partial charge in [-0.15, -0.1) is 0 Å². The number of carbonyl (C=O) groups excluding carboxylic acids is 2. The van der Waals surface area contributed by atoms with E-state index in [1.165, 1.54) is 24.3 Å². The predicted molar refractivity (Wildman–Crippen MR) is 129 cm³/mol. The van der Waals surface area contributed by atoms with Crippen molar-refractivity contribution in [2.75, 3.05) is 0 Å². The predicted octanol–water partition coefficient (Wildman–Crippen LogP) is 6.12. The summed E-state index contributed by atoms with van der Waals surface area (Å²) in [6.07, 6.45) is 0.968. The highest BCUT2D eigenvalue weighted by Crippen LogP contribution is 2.49. The van der Waals surface area contributed by atoms with E-state index in [0.29, 0.717) is 22.6 Å². The first-order valence-electron chi connectivity index (χ1n) is 11.6. The molecule has 1 aromatic heterocycles. The molecule has 0 aliphatic carbocycles. The molecule has 39 heavy (non-hydrogen) atoms. The van der Waals surface area contributed by atoms with Gasteiger partial charge in [-0.1, -0.05) is 12.1 Å². The number of aromatic carboxylic acids is 1. The molecule has 0 saturated heterocycles. The summed E-state index contributed by atoms with van der Waals surface area (Å²) in [6, 6.07) is 13.7. The van der Waals surface area contributed by atoms with Gasteiger partial charge in [0.25, 0.3) is 0 Å². The summed E-state index contributed by atoms with van der Waals surface area (Å²) in [5.74, 6) is -6.53. The van der Waals surface area contributed by atoms with Crippen molar-refractivity contribution in [3.8, 4) is 22.8 Å².